The van der Waals surface area contributed by atoms with Gasteiger partial charge in [0.25, 0.3) is 5.91 Å². The molecule has 4 nitrogen and oxygen atoms in total. The molecule has 5 heteroatoms. The van der Waals surface area contributed by atoms with Crippen molar-refractivity contribution in [1.82, 2.24) is 15.1 Å². The van der Waals surface area contributed by atoms with Crippen LogP contribution in [-0.4, -0.2) is 34.1 Å². The molecule has 0 atom stereocenters. The summed E-state index contributed by atoms with van der Waals surface area (Å²) in [5.74, 6) is -0.307. The van der Waals surface area contributed by atoms with E-state index in [0.29, 0.717) is 11.4 Å². The molecule has 0 aliphatic rings. The van der Waals surface area contributed by atoms with Gasteiger partial charge in [0.1, 0.15) is 11.5 Å². The van der Waals surface area contributed by atoms with Gasteiger partial charge in [-0.3, -0.25) is 9.89 Å². The molecule has 0 bridgehead atoms. The maximum Gasteiger partial charge on any atom is 0.271 e. The Morgan fingerprint density at radius 1 is 1.13 bits per heavy atom. The zero-order valence-electron chi connectivity index (χ0n) is 13.8. The van der Waals surface area contributed by atoms with E-state index in [2.05, 4.69) is 24.0 Å². The van der Waals surface area contributed by atoms with Crippen molar-refractivity contribution in [3.05, 3.63) is 41.8 Å². The Morgan fingerprint density at radius 2 is 1.74 bits per heavy atom. The number of carbonyl (C=O) groups is 1. The zero-order chi connectivity index (χ0) is 16.7. The lowest BCUT2D eigenvalue weighted by molar-refractivity contribution is 0.0745. The lowest BCUT2D eigenvalue weighted by atomic mass is 10.1. The van der Waals surface area contributed by atoms with Gasteiger partial charge in [-0.15, -0.1) is 0 Å². The number of carbonyl (C=O) groups excluding carboxylic acids is 1. The number of hydrogen-bond acceptors (Lipinski definition) is 2. The first-order valence-corrected chi connectivity index (χ1v) is 8.26. The standard InChI is InChI=1S/C18H24FN3O/c1-3-5-11-22(12-6-4-2)18(23)17-13-16(20-21-17)14-7-9-15(19)10-8-14/h7-10,13H,3-6,11-12H2,1-2H3,(H,20,21). The molecule has 2 rings (SSSR count). The second-order valence-corrected chi connectivity index (χ2v) is 5.67. The Morgan fingerprint density at radius 3 is 2.30 bits per heavy atom. The summed E-state index contributed by atoms with van der Waals surface area (Å²) >= 11 is 0. The summed E-state index contributed by atoms with van der Waals surface area (Å²) in [4.78, 5) is 14.5. The molecule has 124 valence electrons. The molecule has 1 aromatic carbocycles. The van der Waals surface area contributed by atoms with Crippen LogP contribution in [0, 0.1) is 5.82 Å². The lowest BCUT2D eigenvalue weighted by Crippen LogP contribution is -2.33. The first kappa shape index (κ1) is 17.2. The van der Waals surface area contributed by atoms with E-state index in [1.54, 1.807) is 18.2 Å². The number of nitrogens with zero attached hydrogens (tertiary/aromatic N) is 2. The van der Waals surface area contributed by atoms with Crippen molar-refractivity contribution in [2.24, 2.45) is 0 Å². The first-order chi connectivity index (χ1) is 11.2. The van der Waals surface area contributed by atoms with Crippen LogP contribution in [0.1, 0.15) is 50.0 Å². The number of amides is 1. The van der Waals surface area contributed by atoms with Crippen LogP contribution >= 0.6 is 0 Å². The molecule has 0 saturated heterocycles. The van der Waals surface area contributed by atoms with Gasteiger partial charge in [0, 0.05) is 18.7 Å². The van der Waals surface area contributed by atoms with Gasteiger partial charge in [0.05, 0.1) is 5.69 Å². The van der Waals surface area contributed by atoms with Crippen molar-refractivity contribution in [1.29, 1.82) is 0 Å². The van der Waals surface area contributed by atoms with E-state index < -0.39 is 0 Å². The van der Waals surface area contributed by atoms with Gasteiger partial charge in [0.2, 0.25) is 0 Å². The second-order valence-electron chi connectivity index (χ2n) is 5.67. The zero-order valence-corrected chi connectivity index (χ0v) is 13.8. The number of nitrogens with one attached hydrogen (secondary N) is 1. The maximum atomic E-state index is 13.0. The maximum absolute atomic E-state index is 13.0. The molecular weight excluding hydrogens is 293 g/mol. The van der Waals surface area contributed by atoms with Gasteiger partial charge in [-0.05, 0) is 43.2 Å². The minimum atomic E-state index is -0.286. The molecule has 0 unspecified atom stereocenters. The van der Waals surface area contributed by atoms with E-state index in [1.165, 1.54) is 12.1 Å². The average Bonchev–Trinajstić information content (AvgIpc) is 3.05. The summed E-state index contributed by atoms with van der Waals surface area (Å²) in [5.41, 5.74) is 1.92. The Bertz CT molecular complexity index is 613. The van der Waals surface area contributed by atoms with Crippen molar-refractivity contribution in [3.8, 4) is 11.3 Å². The Labute approximate surface area is 136 Å². The quantitative estimate of drug-likeness (QED) is 0.791. The molecule has 0 saturated carbocycles. The van der Waals surface area contributed by atoms with Gasteiger partial charge in [-0.25, -0.2) is 4.39 Å². The number of benzene rings is 1. The molecule has 1 aromatic heterocycles. The van der Waals surface area contributed by atoms with E-state index in [-0.39, 0.29) is 11.7 Å². The molecule has 0 spiro atoms. The van der Waals surface area contributed by atoms with E-state index >= 15 is 0 Å². The predicted octanol–water partition coefficient (Wildman–Crippen LogP) is 4.26. The molecular formula is C18H24FN3O. The average molecular weight is 317 g/mol. The smallest absolute Gasteiger partial charge is 0.271 e. The monoisotopic (exact) mass is 317 g/mol. The third kappa shape index (κ3) is 4.65. The number of aromatic amines is 1. The van der Waals surface area contributed by atoms with Crippen LogP contribution < -0.4 is 0 Å². The first-order valence-electron chi connectivity index (χ1n) is 8.26. The largest absolute Gasteiger partial charge is 0.337 e. The third-order valence-electron chi connectivity index (χ3n) is 3.80. The minimum Gasteiger partial charge on any atom is -0.337 e. The highest BCUT2D eigenvalue weighted by atomic mass is 19.1. The van der Waals surface area contributed by atoms with Crippen LogP contribution in [0.15, 0.2) is 30.3 Å². The summed E-state index contributed by atoms with van der Waals surface area (Å²) in [5, 5.41) is 7.00. The van der Waals surface area contributed by atoms with E-state index in [9.17, 15) is 9.18 Å². The van der Waals surface area contributed by atoms with Gasteiger partial charge >= 0.3 is 0 Å². The van der Waals surface area contributed by atoms with Crippen LogP contribution in [0.4, 0.5) is 4.39 Å². The molecule has 0 aliphatic heterocycles. The van der Waals surface area contributed by atoms with E-state index in [0.717, 1.165) is 44.3 Å². The van der Waals surface area contributed by atoms with E-state index in [1.807, 2.05) is 4.90 Å². The number of H-pyrrole nitrogens is 1. The normalized spacial score (nSPS) is 10.7. The molecule has 0 fully saturated rings. The van der Waals surface area contributed by atoms with Crippen LogP contribution in [0.2, 0.25) is 0 Å². The van der Waals surface area contributed by atoms with E-state index in [4.69, 9.17) is 0 Å². The molecule has 0 aliphatic carbocycles. The molecule has 1 heterocycles. The van der Waals surface area contributed by atoms with Crippen LogP contribution in [-0.2, 0) is 0 Å². The Balaban J connectivity index is 2.12. The van der Waals surface area contributed by atoms with Crippen LogP contribution in [0.25, 0.3) is 11.3 Å². The van der Waals surface area contributed by atoms with Gasteiger partial charge in [-0.1, -0.05) is 26.7 Å². The topological polar surface area (TPSA) is 49.0 Å². The third-order valence-corrected chi connectivity index (χ3v) is 3.80. The SMILES string of the molecule is CCCCN(CCCC)C(=O)c1cc(-c2ccc(F)cc2)n[nH]1. The number of aromatic nitrogens is 2. The highest BCUT2D eigenvalue weighted by Gasteiger charge is 2.17. The fraction of sp³-hybridized carbons (Fsp3) is 0.444. The van der Waals surface area contributed by atoms with Crippen LogP contribution in [0.5, 0.6) is 0 Å². The Kier molecular flexibility index (Phi) is 6.32. The number of unbranched alkanes of at least 4 members (excludes halogenated alkanes) is 2. The molecule has 1 N–H and O–H groups in total. The van der Waals surface area contributed by atoms with Gasteiger partial charge < -0.3 is 4.90 Å². The Hall–Kier alpha value is -2.17. The van der Waals surface area contributed by atoms with Gasteiger partial charge in [-0.2, -0.15) is 5.10 Å². The van der Waals surface area contributed by atoms with Crippen molar-refractivity contribution in [2.45, 2.75) is 39.5 Å². The minimum absolute atomic E-state index is 0.0206. The summed E-state index contributed by atoms with van der Waals surface area (Å²) in [6.45, 7) is 5.76. The van der Waals surface area contributed by atoms with Crippen molar-refractivity contribution in [2.75, 3.05) is 13.1 Å². The van der Waals surface area contributed by atoms with Crippen molar-refractivity contribution >= 4 is 5.91 Å². The molecule has 0 radical (unpaired) electrons. The number of rotatable bonds is 8. The summed E-state index contributed by atoms with van der Waals surface area (Å²) < 4.78 is 13.0. The summed E-state index contributed by atoms with van der Waals surface area (Å²) in [6, 6.07) is 7.83. The van der Waals surface area contributed by atoms with Crippen LogP contribution in [0.3, 0.4) is 0 Å². The highest BCUT2D eigenvalue weighted by molar-refractivity contribution is 5.93. The summed E-state index contributed by atoms with van der Waals surface area (Å²) in [6.07, 6.45) is 4.10. The fourth-order valence-corrected chi connectivity index (χ4v) is 2.38. The molecule has 23 heavy (non-hydrogen) atoms. The second kappa shape index (κ2) is 8.46. The van der Waals surface area contributed by atoms with Crippen molar-refractivity contribution < 1.29 is 9.18 Å². The lowest BCUT2D eigenvalue weighted by Gasteiger charge is -2.21. The predicted molar refractivity (Wildman–Crippen MR) is 89.7 cm³/mol. The highest BCUT2D eigenvalue weighted by Crippen LogP contribution is 2.19. The molecule has 2 aromatic rings. The summed E-state index contributed by atoms with van der Waals surface area (Å²) in [7, 11) is 0. The number of hydrogen-bond donors (Lipinski definition) is 1. The van der Waals surface area contributed by atoms with Gasteiger partial charge in [0.15, 0.2) is 0 Å². The fourth-order valence-electron chi connectivity index (χ4n) is 2.38. The van der Waals surface area contributed by atoms with Crippen molar-refractivity contribution in [3.63, 3.8) is 0 Å². The number of halogens is 1. The molecule has 1 amide bonds.